The summed E-state index contributed by atoms with van der Waals surface area (Å²) in [6.45, 7) is 7.67. The number of ether oxygens (including phenoxy) is 1. The van der Waals surface area contributed by atoms with E-state index in [0.717, 1.165) is 39.8 Å². The maximum absolute atomic E-state index is 11.2. The van der Waals surface area contributed by atoms with E-state index in [2.05, 4.69) is 69.3 Å². The van der Waals surface area contributed by atoms with E-state index in [1.807, 2.05) is 72.8 Å². The summed E-state index contributed by atoms with van der Waals surface area (Å²) < 4.78 is 6.10. The summed E-state index contributed by atoms with van der Waals surface area (Å²) >= 11 is 0. The lowest BCUT2D eigenvalue weighted by atomic mass is 10.0. The molecule has 0 aliphatic carbocycles. The van der Waals surface area contributed by atoms with Gasteiger partial charge in [-0.15, -0.1) is 0 Å². The topological polar surface area (TPSA) is 68.1 Å². The Balaban J connectivity index is 1.30. The second-order valence-electron chi connectivity index (χ2n) is 12.4. The number of phenolic OH excluding ortho intramolecular Hbond substituents is 1. The Labute approximate surface area is 285 Å². The zero-order chi connectivity index (χ0) is 33.3. The molecule has 0 aliphatic rings. The Kier molecular flexibility index (Phi) is 10.4. The molecule has 5 aromatic carbocycles. The molecule has 6 rings (SSSR count). The summed E-state index contributed by atoms with van der Waals surface area (Å²) in [5, 5.41) is 11.2. The van der Waals surface area contributed by atoms with Crippen LogP contribution in [0.3, 0.4) is 0 Å². The molecule has 1 heterocycles. The van der Waals surface area contributed by atoms with Crippen molar-refractivity contribution in [2.45, 2.75) is 51.4 Å². The summed E-state index contributed by atoms with van der Waals surface area (Å²) in [6.07, 6.45) is 1.04. The molecule has 48 heavy (non-hydrogen) atoms. The lowest BCUT2D eigenvalue weighted by molar-refractivity contribution is 0.314. The number of phenols is 1. The number of hydrogen-bond donors (Lipinski definition) is 1. The molecule has 1 N–H and O–H groups in total. The molecule has 0 aliphatic heterocycles. The van der Waals surface area contributed by atoms with E-state index in [1.54, 1.807) is 6.07 Å². The average molecular weight is 650 g/mol. The molecule has 5 nitrogen and oxygen atoms in total. The molecule has 0 saturated heterocycles. The van der Waals surface area contributed by atoms with Gasteiger partial charge < -0.3 is 9.84 Å². The first-order chi connectivity index (χ1) is 23.5. The SMILES string of the molecule is CC[Si](CC)(CC)CCCOc1ccc(-c2nc(-c3ccc(-c4ccccc4)cc3)nc(-c3ccc(-c4ccccc4)cc3)n2)c(O)c1. The van der Waals surface area contributed by atoms with Gasteiger partial charge in [-0.05, 0) is 40.8 Å². The van der Waals surface area contributed by atoms with Gasteiger partial charge in [-0.2, -0.15) is 0 Å². The molecule has 0 unspecified atom stereocenters. The van der Waals surface area contributed by atoms with E-state index in [9.17, 15) is 5.11 Å². The molecule has 1 aromatic heterocycles. The van der Waals surface area contributed by atoms with Crippen LogP contribution in [0.5, 0.6) is 11.5 Å². The molecule has 0 atom stereocenters. The van der Waals surface area contributed by atoms with Crippen molar-refractivity contribution in [1.29, 1.82) is 0 Å². The molecule has 6 heteroatoms. The van der Waals surface area contributed by atoms with Crippen molar-refractivity contribution < 1.29 is 9.84 Å². The van der Waals surface area contributed by atoms with E-state index in [1.165, 1.54) is 24.2 Å². The molecule has 6 aromatic rings. The van der Waals surface area contributed by atoms with Gasteiger partial charge in [0.2, 0.25) is 0 Å². The zero-order valence-corrected chi connectivity index (χ0v) is 29.1. The van der Waals surface area contributed by atoms with Crippen LogP contribution in [0.25, 0.3) is 56.4 Å². The fourth-order valence-corrected chi connectivity index (χ4v) is 9.80. The fourth-order valence-electron chi connectivity index (χ4n) is 6.35. The van der Waals surface area contributed by atoms with Crippen molar-refractivity contribution in [3.63, 3.8) is 0 Å². The molecule has 0 fully saturated rings. The molecule has 0 radical (unpaired) electrons. The van der Waals surface area contributed by atoms with E-state index in [4.69, 9.17) is 19.7 Å². The zero-order valence-electron chi connectivity index (χ0n) is 28.1. The van der Waals surface area contributed by atoms with Crippen molar-refractivity contribution in [2.75, 3.05) is 6.61 Å². The van der Waals surface area contributed by atoms with Crippen molar-refractivity contribution in [2.24, 2.45) is 0 Å². The molecule has 242 valence electrons. The quantitative estimate of drug-likeness (QED) is 0.0996. The van der Waals surface area contributed by atoms with Crippen LogP contribution in [-0.2, 0) is 0 Å². The van der Waals surface area contributed by atoms with Crippen LogP contribution in [0.4, 0.5) is 0 Å². The van der Waals surface area contributed by atoms with Crippen molar-refractivity contribution >= 4 is 8.07 Å². The number of hydrogen-bond acceptors (Lipinski definition) is 5. The Hall–Kier alpha value is -5.07. The molecular weight excluding hydrogens is 607 g/mol. The number of rotatable bonds is 13. The summed E-state index contributed by atoms with van der Waals surface area (Å²) in [5.41, 5.74) is 6.79. The first-order valence-corrected chi connectivity index (χ1v) is 19.9. The molecule has 0 saturated carbocycles. The Bertz CT molecular complexity index is 1820. The van der Waals surface area contributed by atoms with Gasteiger partial charge in [0.25, 0.3) is 0 Å². The van der Waals surface area contributed by atoms with Crippen LogP contribution in [0.15, 0.2) is 127 Å². The molecular formula is C42H43N3O2Si. The minimum Gasteiger partial charge on any atom is -0.507 e. The van der Waals surface area contributed by atoms with Crippen molar-refractivity contribution in [3.8, 4) is 67.9 Å². The summed E-state index contributed by atoms with van der Waals surface area (Å²) in [6, 6.07) is 47.7. The second kappa shape index (κ2) is 15.2. The van der Waals surface area contributed by atoms with Gasteiger partial charge in [-0.25, -0.2) is 15.0 Å². The smallest absolute Gasteiger partial charge is 0.167 e. The third kappa shape index (κ3) is 7.56. The highest BCUT2D eigenvalue weighted by Crippen LogP contribution is 2.34. The fraction of sp³-hybridized carbons (Fsp3) is 0.214. The van der Waals surface area contributed by atoms with Crippen LogP contribution in [0, 0.1) is 0 Å². The van der Waals surface area contributed by atoms with Crippen LogP contribution in [0.2, 0.25) is 24.2 Å². The molecule has 0 bridgehead atoms. The second-order valence-corrected chi connectivity index (χ2v) is 18.0. The number of benzene rings is 5. The first-order valence-electron chi connectivity index (χ1n) is 17.0. The maximum atomic E-state index is 11.2. The predicted octanol–water partition coefficient (Wildman–Crippen LogP) is 11.2. The van der Waals surface area contributed by atoms with Gasteiger partial charge in [-0.3, -0.25) is 0 Å². The molecule has 0 amide bonds. The van der Waals surface area contributed by atoms with E-state index >= 15 is 0 Å². The lowest BCUT2D eigenvalue weighted by Gasteiger charge is -2.27. The Morgan fingerprint density at radius 1 is 0.521 bits per heavy atom. The summed E-state index contributed by atoms with van der Waals surface area (Å²) in [4.78, 5) is 14.7. The summed E-state index contributed by atoms with van der Waals surface area (Å²) in [5.74, 6) is 2.21. The predicted molar refractivity (Wildman–Crippen MR) is 201 cm³/mol. The van der Waals surface area contributed by atoms with Gasteiger partial charge in [0.05, 0.1) is 20.2 Å². The van der Waals surface area contributed by atoms with Gasteiger partial charge in [0, 0.05) is 17.2 Å². The number of nitrogens with zero attached hydrogens (tertiary/aromatic N) is 3. The van der Waals surface area contributed by atoms with Crippen LogP contribution < -0.4 is 4.74 Å². The van der Waals surface area contributed by atoms with Gasteiger partial charge >= 0.3 is 0 Å². The van der Waals surface area contributed by atoms with Crippen LogP contribution in [0.1, 0.15) is 27.2 Å². The monoisotopic (exact) mass is 649 g/mol. The number of aromatic hydroxyl groups is 1. The van der Waals surface area contributed by atoms with Crippen LogP contribution in [-0.4, -0.2) is 34.7 Å². The first kappa shape index (κ1) is 32.9. The van der Waals surface area contributed by atoms with Gasteiger partial charge in [0.15, 0.2) is 17.5 Å². The van der Waals surface area contributed by atoms with Crippen molar-refractivity contribution in [1.82, 2.24) is 15.0 Å². The van der Waals surface area contributed by atoms with E-state index in [0.29, 0.717) is 35.4 Å². The highest BCUT2D eigenvalue weighted by atomic mass is 28.3. The average Bonchev–Trinajstić information content (AvgIpc) is 3.16. The Morgan fingerprint density at radius 3 is 1.42 bits per heavy atom. The maximum Gasteiger partial charge on any atom is 0.167 e. The highest BCUT2D eigenvalue weighted by Gasteiger charge is 2.25. The van der Waals surface area contributed by atoms with Crippen molar-refractivity contribution in [3.05, 3.63) is 127 Å². The van der Waals surface area contributed by atoms with Gasteiger partial charge in [-0.1, -0.05) is 154 Å². The van der Waals surface area contributed by atoms with Gasteiger partial charge in [0.1, 0.15) is 11.5 Å². The minimum absolute atomic E-state index is 0.0776. The normalized spacial score (nSPS) is 11.4. The third-order valence-electron chi connectivity index (χ3n) is 9.72. The molecule has 0 spiro atoms. The van der Waals surface area contributed by atoms with E-state index < -0.39 is 8.07 Å². The highest BCUT2D eigenvalue weighted by molar-refractivity contribution is 6.79. The third-order valence-corrected chi connectivity index (χ3v) is 15.6. The minimum atomic E-state index is -1.18. The Morgan fingerprint density at radius 2 is 0.958 bits per heavy atom. The van der Waals surface area contributed by atoms with E-state index in [-0.39, 0.29) is 5.75 Å². The lowest BCUT2D eigenvalue weighted by Crippen LogP contribution is -2.31. The largest absolute Gasteiger partial charge is 0.507 e. The number of aromatic nitrogens is 3. The standard InChI is InChI=1S/C42H43N3O2Si/c1-4-48(5-2,6-3)29-13-28-47-37-26-27-38(39(46)30-37)42-44-40(35-22-18-33(19-23-35)31-14-9-7-10-15-31)43-41(45-42)36-24-20-34(21-25-36)32-16-11-8-12-17-32/h7-12,14-27,30,46H,4-6,13,28-29H2,1-3H3. The van der Waals surface area contributed by atoms with Crippen LogP contribution >= 0.6 is 0 Å². The summed E-state index contributed by atoms with van der Waals surface area (Å²) in [7, 11) is -1.18.